The van der Waals surface area contributed by atoms with Gasteiger partial charge in [0.05, 0.1) is 0 Å². The van der Waals surface area contributed by atoms with Crippen LogP contribution >= 0.6 is 0 Å². The maximum Gasteiger partial charge on any atom is 0.245 e. The van der Waals surface area contributed by atoms with E-state index in [0.29, 0.717) is 24.5 Å². The lowest BCUT2D eigenvalue weighted by Gasteiger charge is -2.37. The molecule has 1 aliphatic rings. The molecule has 1 heterocycles. The van der Waals surface area contributed by atoms with E-state index in [1.54, 1.807) is 11.8 Å². The minimum absolute atomic E-state index is 0.0623. The average Bonchev–Trinajstić information content (AvgIpc) is 2.33. The molecule has 1 aliphatic heterocycles. The van der Waals surface area contributed by atoms with Crippen molar-refractivity contribution < 1.29 is 13.8 Å². The van der Waals surface area contributed by atoms with Crippen LogP contribution in [0.1, 0.15) is 27.2 Å². The quantitative estimate of drug-likeness (QED) is 0.749. The summed E-state index contributed by atoms with van der Waals surface area (Å²) in [5, 5.41) is 2.69. The fourth-order valence-corrected chi connectivity index (χ4v) is 2.50. The second-order valence-corrected chi connectivity index (χ2v) is 5.97. The molecular weight excluding hydrogens is 240 g/mol. The maximum absolute atomic E-state index is 12.0. The van der Waals surface area contributed by atoms with E-state index in [0.717, 1.165) is 0 Å². The van der Waals surface area contributed by atoms with Gasteiger partial charge in [0.2, 0.25) is 11.8 Å². The molecule has 0 aliphatic carbocycles. The Morgan fingerprint density at radius 1 is 1.35 bits per heavy atom. The molecule has 1 N–H and O–H groups in total. The average molecular weight is 260 g/mol. The van der Waals surface area contributed by atoms with Gasteiger partial charge in [0.25, 0.3) is 0 Å². The predicted molar refractivity (Wildman–Crippen MR) is 66.9 cm³/mol. The molecule has 17 heavy (non-hydrogen) atoms. The smallest absolute Gasteiger partial charge is 0.245 e. The van der Waals surface area contributed by atoms with Crippen LogP contribution in [0.15, 0.2) is 0 Å². The van der Waals surface area contributed by atoms with Crippen molar-refractivity contribution in [3.63, 3.8) is 0 Å². The second kappa shape index (κ2) is 6.14. The molecule has 0 aromatic rings. The van der Waals surface area contributed by atoms with E-state index >= 15 is 0 Å². The Kier molecular flexibility index (Phi) is 5.11. The fourth-order valence-electron chi connectivity index (χ4n) is 1.81. The number of hydrogen-bond acceptors (Lipinski definition) is 3. The first-order valence-electron chi connectivity index (χ1n) is 5.97. The number of amides is 2. The van der Waals surface area contributed by atoms with Crippen LogP contribution in [0.2, 0.25) is 0 Å². The van der Waals surface area contributed by atoms with E-state index in [-0.39, 0.29) is 11.8 Å². The Morgan fingerprint density at radius 2 is 2.00 bits per heavy atom. The first-order chi connectivity index (χ1) is 8.01. The predicted octanol–water partition coefficient (Wildman–Crippen LogP) is -0.119. The number of rotatable bonds is 5. The first kappa shape index (κ1) is 14.2. The Morgan fingerprint density at radius 3 is 2.53 bits per heavy atom. The van der Waals surface area contributed by atoms with E-state index in [2.05, 4.69) is 5.32 Å². The van der Waals surface area contributed by atoms with E-state index in [1.165, 1.54) is 0 Å². The second-order valence-electron chi connectivity index (χ2n) is 4.11. The van der Waals surface area contributed by atoms with Crippen molar-refractivity contribution in [3.8, 4) is 0 Å². The molecule has 5 nitrogen and oxygen atoms in total. The highest BCUT2D eigenvalue weighted by atomic mass is 32.2. The van der Waals surface area contributed by atoms with E-state index in [9.17, 15) is 13.8 Å². The zero-order chi connectivity index (χ0) is 13.0. The topological polar surface area (TPSA) is 66.5 Å². The number of nitrogens with zero attached hydrogens (tertiary/aromatic N) is 1. The summed E-state index contributed by atoms with van der Waals surface area (Å²) in [7, 11) is -0.909. The number of nitrogens with one attached hydrogen (secondary N) is 1. The van der Waals surface area contributed by atoms with Crippen LogP contribution in [0.4, 0.5) is 0 Å². The molecule has 0 saturated carbocycles. The van der Waals surface area contributed by atoms with Gasteiger partial charge in [-0.3, -0.25) is 13.8 Å². The lowest BCUT2D eigenvalue weighted by atomic mass is 10.1. The standard InChI is InChI=1S/C11H20N2O3S/c1-4-9-11(15)13(6-7-17(16)5-2)8(3)10(14)12-9/h8-9H,4-7H2,1-3H3,(H,12,14). The molecule has 0 aromatic heterocycles. The van der Waals surface area contributed by atoms with Gasteiger partial charge in [-0.1, -0.05) is 13.8 Å². The Hall–Kier alpha value is -0.910. The van der Waals surface area contributed by atoms with Gasteiger partial charge in [-0.15, -0.1) is 0 Å². The summed E-state index contributed by atoms with van der Waals surface area (Å²) < 4.78 is 11.4. The number of hydrogen-bond donors (Lipinski definition) is 1. The molecule has 3 atom stereocenters. The number of carbonyl (C=O) groups is 2. The molecule has 1 fully saturated rings. The SMILES string of the molecule is CCC1NC(=O)C(C)N(CCS(=O)CC)C1=O. The van der Waals surface area contributed by atoms with Crippen molar-refractivity contribution in [1.29, 1.82) is 0 Å². The third kappa shape index (κ3) is 3.28. The summed E-state index contributed by atoms with van der Waals surface area (Å²) >= 11 is 0. The largest absolute Gasteiger partial charge is 0.343 e. The van der Waals surface area contributed by atoms with Gasteiger partial charge in [0.1, 0.15) is 12.1 Å². The number of carbonyl (C=O) groups excluding carboxylic acids is 2. The number of piperazine rings is 1. The minimum atomic E-state index is -0.909. The lowest BCUT2D eigenvalue weighted by molar-refractivity contribution is -0.148. The van der Waals surface area contributed by atoms with Gasteiger partial charge in [0.15, 0.2) is 0 Å². The Balaban J connectivity index is 2.68. The molecule has 1 rings (SSSR count). The fraction of sp³-hybridized carbons (Fsp3) is 0.818. The van der Waals surface area contributed by atoms with Crippen molar-refractivity contribution >= 4 is 22.6 Å². The van der Waals surface area contributed by atoms with Gasteiger partial charge in [0, 0.05) is 28.9 Å². The van der Waals surface area contributed by atoms with Gasteiger partial charge >= 0.3 is 0 Å². The van der Waals surface area contributed by atoms with Gasteiger partial charge < -0.3 is 10.2 Å². The highest BCUT2D eigenvalue weighted by molar-refractivity contribution is 7.84. The van der Waals surface area contributed by atoms with Gasteiger partial charge in [-0.2, -0.15) is 0 Å². The molecule has 0 radical (unpaired) electrons. The summed E-state index contributed by atoms with van der Waals surface area (Å²) in [5.74, 6) is 0.835. The summed E-state index contributed by atoms with van der Waals surface area (Å²) in [5.41, 5.74) is 0. The Labute approximate surface area is 104 Å². The van der Waals surface area contributed by atoms with Crippen LogP contribution in [-0.2, 0) is 20.4 Å². The van der Waals surface area contributed by atoms with Crippen LogP contribution in [0, 0.1) is 0 Å². The van der Waals surface area contributed by atoms with Crippen LogP contribution < -0.4 is 5.32 Å². The van der Waals surface area contributed by atoms with E-state index < -0.39 is 22.9 Å². The Bertz CT molecular complexity index is 333. The summed E-state index contributed by atoms with van der Waals surface area (Å²) in [4.78, 5) is 25.2. The highest BCUT2D eigenvalue weighted by Gasteiger charge is 2.36. The zero-order valence-electron chi connectivity index (χ0n) is 10.6. The molecule has 1 saturated heterocycles. The van der Waals surface area contributed by atoms with Crippen molar-refractivity contribution in [1.82, 2.24) is 10.2 Å². The van der Waals surface area contributed by atoms with Crippen molar-refractivity contribution in [2.24, 2.45) is 0 Å². The maximum atomic E-state index is 12.0. The van der Waals surface area contributed by atoms with Gasteiger partial charge in [-0.05, 0) is 13.3 Å². The van der Waals surface area contributed by atoms with Crippen molar-refractivity contribution in [2.45, 2.75) is 39.3 Å². The van der Waals surface area contributed by atoms with Gasteiger partial charge in [-0.25, -0.2) is 0 Å². The highest BCUT2D eigenvalue weighted by Crippen LogP contribution is 2.11. The molecule has 2 amide bonds. The minimum Gasteiger partial charge on any atom is -0.343 e. The summed E-state index contributed by atoms with van der Waals surface area (Å²) in [6, 6.07) is -0.882. The molecular formula is C11H20N2O3S. The third-order valence-corrected chi connectivity index (χ3v) is 4.32. The van der Waals surface area contributed by atoms with Crippen LogP contribution in [0.3, 0.4) is 0 Å². The molecule has 6 heteroatoms. The zero-order valence-corrected chi connectivity index (χ0v) is 11.4. The summed E-state index contributed by atoms with van der Waals surface area (Å²) in [6.07, 6.45) is 0.588. The van der Waals surface area contributed by atoms with Crippen molar-refractivity contribution in [2.75, 3.05) is 18.1 Å². The van der Waals surface area contributed by atoms with Crippen molar-refractivity contribution in [3.05, 3.63) is 0 Å². The molecule has 0 bridgehead atoms. The molecule has 0 spiro atoms. The summed E-state index contributed by atoms with van der Waals surface area (Å²) in [6.45, 7) is 5.80. The molecule has 98 valence electrons. The monoisotopic (exact) mass is 260 g/mol. The normalized spacial score (nSPS) is 26.9. The first-order valence-corrected chi connectivity index (χ1v) is 7.45. The molecule has 3 unspecified atom stereocenters. The van der Waals surface area contributed by atoms with E-state index in [1.807, 2.05) is 13.8 Å². The van der Waals surface area contributed by atoms with Crippen LogP contribution in [-0.4, -0.2) is 51.1 Å². The van der Waals surface area contributed by atoms with E-state index in [4.69, 9.17) is 0 Å². The lowest BCUT2D eigenvalue weighted by Crippen LogP contribution is -2.62. The third-order valence-electron chi connectivity index (χ3n) is 3.03. The van der Waals surface area contributed by atoms with Crippen LogP contribution in [0.5, 0.6) is 0 Å². The van der Waals surface area contributed by atoms with Crippen LogP contribution in [0.25, 0.3) is 0 Å². The molecule has 0 aromatic carbocycles.